The van der Waals surface area contributed by atoms with Crippen molar-refractivity contribution in [2.75, 3.05) is 37.9 Å². The van der Waals surface area contributed by atoms with Crippen molar-refractivity contribution in [1.29, 1.82) is 0 Å². The Hall–Kier alpha value is -4.48. The number of hydrogen-bond donors (Lipinski definition) is 5. The summed E-state index contributed by atoms with van der Waals surface area (Å²) in [6.07, 6.45) is 3.07. The molecule has 4 aromatic rings. The van der Waals surface area contributed by atoms with Gasteiger partial charge in [-0.25, -0.2) is 8.42 Å². The van der Waals surface area contributed by atoms with Crippen molar-refractivity contribution in [3.05, 3.63) is 108 Å². The number of nitrogens with one attached hydrogen (secondary N) is 5. The summed E-state index contributed by atoms with van der Waals surface area (Å²) in [6, 6.07) is 28.0. The molecule has 200 valence electrons. The molecule has 2 atom stereocenters. The van der Waals surface area contributed by atoms with E-state index in [0.717, 1.165) is 11.4 Å². The Balaban J connectivity index is 1.29. The summed E-state index contributed by atoms with van der Waals surface area (Å²) in [5.41, 5.74) is 5.27. The van der Waals surface area contributed by atoms with Gasteiger partial charge in [0.2, 0.25) is 0 Å². The number of hydrogen-bond acceptors (Lipinski definition) is 5. The van der Waals surface area contributed by atoms with Gasteiger partial charge in [0.15, 0.2) is 0 Å². The van der Waals surface area contributed by atoms with Gasteiger partial charge in [-0.3, -0.25) is 9.59 Å². The Labute approximate surface area is 231 Å². The lowest BCUT2D eigenvalue weighted by Gasteiger charge is -2.11. The average molecular weight is 562 g/mol. The van der Waals surface area contributed by atoms with Crippen LogP contribution in [0.4, 0.5) is 34.1 Å². The largest absolute Gasteiger partial charge is 0.356 e. The van der Waals surface area contributed by atoms with Crippen LogP contribution in [-0.2, 0) is 22.0 Å². The first kappa shape index (κ1) is 27.6. The molecule has 0 fully saturated rings. The molecule has 0 saturated heterocycles. The van der Waals surface area contributed by atoms with Gasteiger partial charge >= 0.3 is 0 Å². The topological polar surface area (TPSA) is 128 Å². The molecule has 5 N–H and O–H groups in total. The maximum atomic E-state index is 12.5. The molecular weight excluding hydrogens is 534 g/mol. The lowest BCUT2D eigenvalue weighted by molar-refractivity contribution is 0.101. The van der Waals surface area contributed by atoms with Gasteiger partial charge in [0.1, 0.15) is 22.0 Å². The molecule has 4 rings (SSSR count). The summed E-state index contributed by atoms with van der Waals surface area (Å²) >= 11 is 0. The lowest BCUT2D eigenvalue weighted by Crippen LogP contribution is -2.12. The van der Waals surface area contributed by atoms with Crippen molar-refractivity contribution in [1.82, 2.24) is 0 Å². The Kier molecular flexibility index (Phi) is 9.08. The van der Waals surface area contributed by atoms with Gasteiger partial charge in [0.05, 0.1) is 0 Å². The molecule has 9 nitrogen and oxygen atoms in total. The van der Waals surface area contributed by atoms with Crippen molar-refractivity contribution in [2.24, 2.45) is 0 Å². The van der Waals surface area contributed by atoms with Crippen LogP contribution in [0.2, 0.25) is 0 Å². The summed E-state index contributed by atoms with van der Waals surface area (Å²) in [5.74, 6) is -0.495. The maximum absolute atomic E-state index is 12.5. The highest BCUT2D eigenvalue weighted by Gasteiger charge is 2.08. The van der Waals surface area contributed by atoms with Crippen LogP contribution in [0.1, 0.15) is 20.7 Å². The zero-order valence-corrected chi connectivity index (χ0v) is 22.8. The monoisotopic (exact) mass is 561 g/mol. The molecule has 0 aliphatic heterocycles. The van der Waals surface area contributed by atoms with Gasteiger partial charge in [-0.05, 0) is 97.1 Å². The maximum Gasteiger partial charge on any atom is 0.255 e. The number of carbonyl (C=O) groups excluding carboxylic acids is 2. The number of anilines is 6. The fourth-order valence-electron chi connectivity index (χ4n) is 3.56. The van der Waals surface area contributed by atoms with Gasteiger partial charge in [0, 0.05) is 57.8 Å². The molecule has 0 spiro atoms. The molecule has 0 heterocycles. The normalized spacial score (nSPS) is 12.1. The van der Waals surface area contributed by atoms with E-state index in [4.69, 9.17) is 0 Å². The van der Waals surface area contributed by atoms with Crippen LogP contribution in [0.25, 0.3) is 0 Å². The van der Waals surface area contributed by atoms with Crippen molar-refractivity contribution < 1.29 is 18.0 Å². The summed E-state index contributed by atoms with van der Waals surface area (Å²) < 4.78 is 28.0. The second kappa shape index (κ2) is 12.9. The van der Waals surface area contributed by atoms with Crippen molar-refractivity contribution in [3.8, 4) is 0 Å². The van der Waals surface area contributed by atoms with Crippen LogP contribution in [0.3, 0.4) is 0 Å². The van der Waals surface area contributed by atoms with Crippen molar-refractivity contribution in [3.63, 3.8) is 0 Å². The highest BCUT2D eigenvalue weighted by atomic mass is 32.2. The first-order chi connectivity index (χ1) is 18.7. The SMILES string of the molecule is CS(=O)Nc1ccc(C(=O)Nc2ccc(Nc3ccc(NC(=O)c4ccc(NS(C)=O)cc4)cc3)cc2)cc1. The third kappa shape index (κ3) is 8.25. The molecule has 2 amide bonds. The molecule has 39 heavy (non-hydrogen) atoms. The van der Waals surface area contributed by atoms with E-state index < -0.39 is 22.0 Å². The summed E-state index contributed by atoms with van der Waals surface area (Å²) in [7, 11) is -2.36. The number of rotatable bonds is 10. The first-order valence-electron chi connectivity index (χ1n) is 11.8. The molecule has 4 aromatic carbocycles. The highest BCUT2D eigenvalue weighted by Crippen LogP contribution is 2.22. The molecule has 0 radical (unpaired) electrons. The molecule has 0 saturated carbocycles. The zero-order chi connectivity index (χ0) is 27.8. The fraction of sp³-hybridized carbons (Fsp3) is 0.0714. The van der Waals surface area contributed by atoms with Crippen LogP contribution in [-0.4, -0.2) is 32.7 Å². The average Bonchev–Trinajstić information content (AvgIpc) is 2.91. The Morgan fingerprint density at radius 1 is 0.462 bits per heavy atom. The van der Waals surface area contributed by atoms with Crippen LogP contribution in [0.5, 0.6) is 0 Å². The van der Waals surface area contributed by atoms with E-state index in [2.05, 4.69) is 25.4 Å². The number of amides is 2. The van der Waals surface area contributed by atoms with E-state index in [9.17, 15) is 18.0 Å². The predicted molar refractivity (Wildman–Crippen MR) is 160 cm³/mol. The minimum absolute atomic E-state index is 0.248. The molecule has 2 unspecified atom stereocenters. The van der Waals surface area contributed by atoms with Crippen LogP contribution in [0, 0.1) is 0 Å². The molecule has 0 bridgehead atoms. The van der Waals surface area contributed by atoms with Crippen molar-refractivity contribution >= 4 is 67.9 Å². The van der Waals surface area contributed by atoms with Crippen LogP contribution < -0.4 is 25.4 Å². The third-order valence-electron chi connectivity index (χ3n) is 5.39. The Bertz CT molecular complexity index is 1380. The minimum Gasteiger partial charge on any atom is -0.356 e. The highest BCUT2D eigenvalue weighted by molar-refractivity contribution is 7.85. The second-order valence-electron chi connectivity index (χ2n) is 8.46. The molecule has 0 aliphatic carbocycles. The third-order valence-corrected chi connectivity index (χ3v) is 6.44. The van der Waals surface area contributed by atoms with Crippen molar-refractivity contribution in [2.45, 2.75) is 0 Å². The van der Waals surface area contributed by atoms with E-state index in [1.54, 1.807) is 72.8 Å². The van der Waals surface area contributed by atoms with Crippen LogP contribution >= 0.6 is 0 Å². The van der Waals surface area contributed by atoms with Gasteiger partial charge in [-0.1, -0.05) is 0 Å². The fourth-order valence-corrected chi connectivity index (χ4v) is 4.49. The zero-order valence-electron chi connectivity index (χ0n) is 21.2. The lowest BCUT2D eigenvalue weighted by atomic mass is 10.2. The van der Waals surface area contributed by atoms with Crippen LogP contribution in [0.15, 0.2) is 97.1 Å². The Morgan fingerprint density at radius 3 is 1.05 bits per heavy atom. The summed E-state index contributed by atoms with van der Waals surface area (Å²) in [4.78, 5) is 25.0. The molecular formula is C28H27N5O4S2. The number of benzene rings is 4. The quantitative estimate of drug-likeness (QED) is 0.178. The van der Waals surface area contributed by atoms with Gasteiger partial charge in [-0.2, -0.15) is 0 Å². The Morgan fingerprint density at radius 2 is 0.744 bits per heavy atom. The molecule has 11 heteroatoms. The first-order valence-corrected chi connectivity index (χ1v) is 14.9. The van der Waals surface area contributed by atoms with E-state index in [1.807, 2.05) is 24.3 Å². The summed E-state index contributed by atoms with van der Waals surface area (Å²) in [6.45, 7) is 0. The van der Waals surface area contributed by atoms with E-state index in [1.165, 1.54) is 12.5 Å². The second-order valence-corrected chi connectivity index (χ2v) is 10.7. The summed E-state index contributed by atoms with van der Waals surface area (Å²) in [5, 5.41) is 8.99. The van der Waals surface area contributed by atoms with Gasteiger partial charge in [0.25, 0.3) is 11.8 Å². The smallest absolute Gasteiger partial charge is 0.255 e. The van der Waals surface area contributed by atoms with E-state index in [0.29, 0.717) is 33.9 Å². The molecule has 0 aromatic heterocycles. The van der Waals surface area contributed by atoms with E-state index in [-0.39, 0.29) is 11.8 Å². The predicted octanol–water partition coefficient (Wildman–Crippen LogP) is 5.35. The minimum atomic E-state index is -1.18. The molecule has 0 aliphatic rings. The van der Waals surface area contributed by atoms with E-state index >= 15 is 0 Å². The van der Waals surface area contributed by atoms with Gasteiger partial charge < -0.3 is 25.4 Å². The number of carbonyl (C=O) groups is 2. The standard InChI is InChI=1S/C28H27N5O4S2/c1-38(36)32-25-7-3-19(4-8-25)27(34)30-23-15-11-21(12-16-23)29-22-13-17-24(18-14-22)31-28(35)20-5-9-26(10-6-20)33-39(2)37/h3-18,29,32-33H,1-2H3,(H,30,34)(H,31,35). The van der Waals surface area contributed by atoms with Gasteiger partial charge in [-0.15, -0.1) is 0 Å².